The molecule has 0 aliphatic carbocycles. The molecule has 130 valence electrons. The molecule has 2 heterocycles. The van der Waals surface area contributed by atoms with Gasteiger partial charge < -0.3 is 15.0 Å². The van der Waals surface area contributed by atoms with Crippen LogP contribution in [0.25, 0.3) is 22.0 Å². The smallest absolute Gasteiger partial charge is 0.345 e. The minimum atomic E-state index is -0.727. The molecule has 3 rings (SSSR count). The lowest BCUT2D eigenvalue weighted by molar-refractivity contribution is 0.0599. The maximum absolute atomic E-state index is 12.9. The van der Waals surface area contributed by atoms with Gasteiger partial charge in [-0.15, -0.1) is 0 Å². The second-order valence-electron chi connectivity index (χ2n) is 5.83. The van der Waals surface area contributed by atoms with Gasteiger partial charge in [-0.05, 0) is 13.8 Å². The Bertz CT molecular complexity index is 1050. The zero-order chi connectivity index (χ0) is 18.3. The van der Waals surface area contributed by atoms with E-state index in [9.17, 15) is 9.59 Å². The minimum absolute atomic E-state index is 0.128. The Morgan fingerprint density at radius 3 is 2.60 bits per heavy atom. The van der Waals surface area contributed by atoms with Gasteiger partial charge in [0, 0.05) is 36.3 Å². The number of nitrogens with zero attached hydrogens (tertiary/aromatic N) is 3. The summed E-state index contributed by atoms with van der Waals surface area (Å²) in [5.41, 5.74) is 9.04. The quantitative estimate of drug-likeness (QED) is 0.737. The van der Waals surface area contributed by atoms with Gasteiger partial charge in [0.1, 0.15) is 5.56 Å². The van der Waals surface area contributed by atoms with Crippen molar-refractivity contribution >= 4 is 22.6 Å². The van der Waals surface area contributed by atoms with E-state index in [4.69, 9.17) is 10.5 Å². The van der Waals surface area contributed by atoms with Gasteiger partial charge in [0.05, 0.1) is 24.0 Å². The summed E-state index contributed by atoms with van der Waals surface area (Å²) in [6.07, 6.45) is 1.90. The number of carbonyl (C=O) groups excluding carboxylic acids is 1. The van der Waals surface area contributed by atoms with Gasteiger partial charge in [-0.1, -0.05) is 18.2 Å². The first kappa shape index (κ1) is 16.8. The maximum atomic E-state index is 12.9. The Labute approximate surface area is 144 Å². The van der Waals surface area contributed by atoms with Crippen LogP contribution in [0.15, 0.2) is 29.2 Å². The Balaban J connectivity index is 2.50. The molecule has 2 N–H and O–H groups in total. The Morgan fingerprint density at radius 2 is 2.04 bits per heavy atom. The molecule has 7 nitrogen and oxygen atoms in total. The lowest BCUT2D eigenvalue weighted by atomic mass is 10.00. The number of para-hydroxylation sites is 1. The number of fused-ring (bicyclic) bond motifs is 1. The number of pyridine rings is 1. The largest absolute Gasteiger partial charge is 0.465 e. The summed E-state index contributed by atoms with van der Waals surface area (Å²) in [6.45, 7) is 4.16. The van der Waals surface area contributed by atoms with Crippen molar-refractivity contribution in [1.29, 1.82) is 0 Å². The van der Waals surface area contributed by atoms with Crippen molar-refractivity contribution in [3.05, 3.63) is 46.0 Å². The van der Waals surface area contributed by atoms with E-state index in [1.165, 1.54) is 7.11 Å². The summed E-state index contributed by atoms with van der Waals surface area (Å²) < 4.78 is 8.02. The van der Waals surface area contributed by atoms with Crippen LogP contribution in [-0.4, -0.2) is 27.4 Å². The lowest BCUT2D eigenvalue weighted by Crippen LogP contribution is -2.29. The summed E-state index contributed by atoms with van der Waals surface area (Å²) >= 11 is 0. The van der Waals surface area contributed by atoms with Crippen LogP contribution < -0.4 is 11.3 Å². The van der Waals surface area contributed by atoms with Gasteiger partial charge >= 0.3 is 5.97 Å². The number of aromatic nitrogens is 3. The highest BCUT2D eigenvalue weighted by molar-refractivity contribution is 6.07. The van der Waals surface area contributed by atoms with E-state index in [2.05, 4.69) is 5.10 Å². The molecule has 0 bridgehead atoms. The van der Waals surface area contributed by atoms with Crippen LogP contribution in [0, 0.1) is 6.92 Å². The number of anilines is 1. The number of methoxy groups -OCH3 is 1. The molecule has 0 fully saturated rings. The van der Waals surface area contributed by atoms with E-state index in [1.807, 2.05) is 39.2 Å². The van der Waals surface area contributed by atoms with E-state index in [-0.39, 0.29) is 11.3 Å². The molecule has 0 atom stereocenters. The minimum Gasteiger partial charge on any atom is -0.465 e. The van der Waals surface area contributed by atoms with Gasteiger partial charge in [-0.2, -0.15) is 5.10 Å². The third-order valence-corrected chi connectivity index (χ3v) is 4.33. The van der Waals surface area contributed by atoms with Crippen molar-refractivity contribution in [2.24, 2.45) is 7.05 Å². The van der Waals surface area contributed by atoms with E-state index in [0.29, 0.717) is 17.4 Å². The predicted molar refractivity (Wildman–Crippen MR) is 96.6 cm³/mol. The molecule has 0 amide bonds. The van der Waals surface area contributed by atoms with E-state index in [0.717, 1.165) is 16.8 Å². The van der Waals surface area contributed by atoms with Crippen LogP contribution in [0.2, 0.25) is 0 Å². The Kier molecular flexibility index (Phi) is 4.08. The number of hydrogen-bond acceptors (Lipinski definition) is 5. The van der Waals surface area contributed by atoms with E-state index >= 15 is 0 Å². The number of nitrogen functional groups attached to an aromatic ring is 1. The van der Waals surface area contributed by atoms with Crippen molar-refractivity contribution in [2.75, 3.05) is 12.8 Å². The van der Waals surface area contributed by atoms with Gasteiger partial charge in [0.25, 0.3) is 5.56 Å². The molecule has 25 heavy (non-hydrogen) atoms. The highest BCUT2D eigenvalue weighted by Crippen LogP contribution is 2.33. The average molecular weight is 340 g/mol. The van der Waals surface area contributed by atoms with Crippen LogP contribution in [0.3, 0.4) is 0 Å². The fourth-order valence-corrected chi connectivity index (χ4v) is 3.22. The fourth-order valence-electron chi connectivity index (χ4n) is 3.22. The van der Waals surface area contributed by atoms with Gasteiger partial charge in [-0.25, -0.2) is 4.79 Å². The first-order valence-corrected chi connectivity index (χ1v) is 7.94. The number of carbonyl (C=O) groups is 1. The zero-order valence-corrected chi connectivity index (χ0v) is 14.7. The van der Waals surface area contributed by atoms with Gasteiger partial charge in [0.2, 0.25) is 0 Å². The number of hydrogen-bond donors (Lipinski definition) is 1. The number of nitrogens with two attached hydrogens (primary N) is 1. The second kappa shape index (κ2) is 6.08. The molecule has 0 aliphatic heterocycles. The molecular weight excluding hydrogens is 320 g/mol. The lowest BCUT2D eigenvalue weighted by Gasteiger charge is -2.16. The molecule has 0 radical (unpaired) electrons. The zero-order valence-electron chi connectivity index (χ0n) is 14.7. The van der Waals surface area contributed by atoms with Crippen LogP contribution in [0.5, 0.6) is 0 Å². The first-order chi connectivity index (χ1) is 11.9. The van der Waals surface area contributed by atoms with Crippen molar-refractivity contribution in [3.8, 4) is 11.1 Å². The monoisotopic (exact) mass is 340 g/mol. The molecule has 2 aromatic heterocycles. The van der Waals surface area contributed by atoms with Crippen molar-refractivity contribution in [2.45, 2.75) is 20.4 Å². The predicted octanol–water partition coefficient (Wildman–Crippen LogP) is 2.10. The normalized spacial score (nSPS) is 11.0. The summed E-state index contributed by atoms with van der Waals surface area (Å²) in [7, 11) is 3.08. The van der Waals surface area contributed by atoms with Crippen LogP contribution in [0.4, 0.5) is 5.69 Å². The number of aryl methyl sites for hydroxylation is 3. The average Bonchev–Trinajstić information content (AvgIpc) is 2.93. The third kappa shape index (κ3) is 2.48. The molecule has 0 spiro atoms. The second-order valence-corrected chi connectivity index (χ2v) is 5.83. The Hall–Kier alpha value is -3.09. The molecule has 3 aromatic rings. The van der Waals surface area contributed by atoms with Gasteiger partial charge in [0.15, 0.2) is 0 Å². The fraction of sp³-hybridized carbons (Fsp3) is 0.278. The maximum Gasteiger partial charge on any atom is 0.345 e. The van der Waals surface area contributed by atoms with Crippen molar-refractivity contribution in [1.82, 2.24) is 14.3 Å². The summed E-state index contributed by atoms with van der Waals surface area (Å²) in [6, 6.07) is 5.58. The molecule has 0 unspecified atom stereocenters. The van der Waals surface area contributed by atoms with Gasteiger partial charge in [-0.3, -0.25) is 9.48 Å². The standard InChI is InChI=1S/C18H20N4O3/c1-5-22-16-11(13-9-21(3)20-10(13)2)7-6-8-12(16)15(19)14(17(22)23)18(24)25-4/h6-9H,5,19H2,1-4H3. The van der Waals surface area contributed by atoms with Crippen LogP contribution >= 0.6 is 0 Å². The molecule has 0 aliphatic rings. The number of ether oxygens (including phenoxy) is 1. The Morgan fingerprint density at radius 1 is 1.32 bits per heavy atom. The molecule has 0 saturated carbocycles. The SMILES string of the molecule is CCn1c(=O)c(C(=O)OC)c(N)c2cccc(-c3cn(C)nc3C)c21. The van der Waals surface area contributed by atoms with Crippen LogP contribution in [-0.2, 0) is 18.3 Å². The summed E-state index contributed by atoms with van der Waals surface area (Å²) in [5.74, 6) is -0.727. The molecule has 1 aromatic carbocycles. The highest BCUT2D eigenvalue weighted by atomic mass is 16.5. The van der Waals surface area contributed by atoms with E-state index in [1.54, 1.807) is 15.3 Å². The van der Waals surface area contributed by atoms with Crippen molar-refractivity contribution < 1.29 is 9.53 Å². The summed E-state index contributed by atoms with van der Waals surface area (Å²) in [4.78, 5) is 24.9. The molecule has 7 heteroatoms. The first-order valence-electron chi connectivity index (χ1n) is 7.94. The topological polar surface area (TPSA) is 92.1 Å². The van der Waals surface area contributed by atoms with Crippen molar-refractivity contribution in [3.63, 3.8) is 0 Å². The summed E-state index contributed by atoms with van der Waals surface area (Å²) in [5, 5.41) is 5.02. The van der Waals surface area contributed by atoms with Crippen LogP contribution in [0.1, 0.15) is 23.0 Å². The number of benzene rings is 1. The highest BCUT2D eigenvalue weighted by Gasteiger charge is 2.23. The molecular formula is C18H20N4O3. The number of esters is 1. The molecule has 0 saturated heterocycles. The number of rotatable bonds is 3. The van der Waals surface area contributed by atoms with E-state index < -0.39 is 11.5 Å². The third-order valence-electron chi connectivity index (χ3n) is 4.33.